The van der Waals surface area contributed by atoms with E-state index in [1.807, 2.05) is 0 Å². The van der Waals surface area contributed by atoms with Gasteiger partial charge in [-0.25, -0.2) is 9.59 Å². The number of nitrogens with one attached hydrogen (secondary N) is 1. The lowest BCUT2D eigenvalue weighted by Gasteiger charge is -2.23. The summed E-state index contributed by atoms with van der Waals surface area (Å²) in [4.78, 5) is 62.5. The van der Waals surface area contributed by atoms with Gasteiger partial charge in [0.25, 0.3) is 17.5 Å². The van der Waals surface area contributed by atoms with E-state index < -0.39 is 40.4 Å². The third-order valence-electron chi connectivity index (χ3n) is 3.36. The molecule has 0 saturated carbocycles. The van der Waals surface area contributed by atoms with Crippen LogP contribution in [0.2, 0.25) is 0 Å². The molecular formula is C18H23N3O8. The van der Waals surface area contributed by atoms with Crippen molar-refractivity contribution < 1.29 is 33.7 Å². The molecule has 0 bridgehead atoms. The van der Waals surface area contributed by atoms with E-state index in [0.29, 0.717) is 5.06 Å². The van der Waals surface area contributed by atoms with E-state index >= 15 is 0 Å². The van der Waals surface area contributed by atoms with Gasteiger partial charge in [-0.15, -0.1) is 5.06 Å². The second-order valence-corrected chi connectivity index (χ2v) is 6.91. The summed E-state index contributed by atoms with van der Waals surface area (Å²) in [6.45, 7) is 8.19. The van der Waals surface area contributed by atoms with Crippen molar-refractivity contribution in [3.05, 3.63) is 46.7 Å². The number of amides is 3. The summed E-state index contributed by atoms with van der Waals surface area (Å²) in [6, 6.07) is -1.31. The largest absolute Gasteiger partial charge is 0.444 e. The smallest absolute Gasteiger partial charge is 0.408 e. The van der Waals surface area contributed by atoms with Crippen molar-refractivity contribution in [2.75, 3.05) is 0 Å². The van der Waals surface area contributed by atoms with Gasteiger partial charge in [-0.3, -0.25) is 19.7 Å². The van der Waals surface area contributed by atoms with Crippen LogP contribution in [-0.2, 0) is 24.0 Å². The van der Waals surface area contributed by atoms with Crippen LogP contribution in [0.5, 0.6) is 0 Å². The minimum atomic E-state index is -1.31. The van der Waals surface area contributed by atoms with Crippen LogP contribution < -0.4 is 5.32 Å². The molecule has 0 aromatic heterocycles. The first kappa shape index (κ1) is 23.5. The summed E-state index contributed by atoms with van der Waals surface area (Å²) in [7, 11) is 0. The number of rotatable bonds is 8. The molecule has 1 N–H and O–H groups in total. The number of ether oxygens (including phenoxy) is 1. The molecule has 11 nitrogen and oxygen atoms in total. The van der Waals surface area contributed by atoms with Crippen LogP contribution >= 0.6 is 0 Å². The number of carbonyl (C=O) groups excluding carboxylic acids is 4. The Hall–Kier alpha value is -3.50. The van der Waals surface area contributed by atoms with Gasteiger partial charge in [-0.1, -0.05) is 18.7 Å². The van der Waals surface area contributed by atoms with Crippen molar-refractivity contribution in [1.82, 2.24) is 10.4 Å². The first-order valence-electron chi connectivity index (χ1n) is 8.65. The van der Waals surface area contributed by atoms with Crippen molar-refractivity contribution in [2.24, 2.45) is 0 Å². The van der Waals surface area contributed by atoms with Crippen LogP contribution in [0.15, 0.2) is 36.6 Å². The first-order chi connectivity index (χ1) is 13.4. The fraction of sp³-hybridized carbons (Fsp3) is 0.444. The van der Waals surface area contributed by atoms with Crippen LogP contribution in [0.4, 0.5) is 4.79 Å². The van der Waals surface area contributed by atoms with E-state index in [9.17, 15) is 29.3 Å². The van der Waals surface area contributed by atoms with Crippen molar-refractivity contribution in [3.63, 3.8) is 0 Å². The minimum Gasteiger partial charge on any atom is -0.444 e. The van der Waals surface area contributed by atoms with Gasteiger partial charge in [0, 0.05) is 25.0 Å². The minimum absolute atomic E-state index is 0.0772. The average molecular weight is 409 g/mol. The Bertz CT molecular complexity index is 748. The maximum Gasteiger partial charge on any atom is 0.408 e. The van der Waals surface area contributed by atoms with Gasteiger partial charge in [-0.05, 0) is 27.2 Å². The van der Waals surface area contributed by atoms with Crippen molar-refractivity contribution in [2.45, 2.75) is 51.7 Å². The average Bonchev–Trinajstić information content (AvgIpc) is 2.90. The van der Waals surface area contributed by atoms with Crippen LogP contribution in [0.25, 0.3) is 0 Å². The van der Waals surface area contributed by atoms with Crippen LogP contribution in [0.3, 0.4) is 0 Å². The number of nitro groups is 1. The predicted molar refractivity (Wildman–Crippen MR) is 99.4 cm³/mol. The standard InChI is InChI=1S/C18H23N3O8/c1-5-12(21(26)27)8-6-7-9-13(19-17(25)28-18(2,3)4)16(24)29-20-14(22)10-11-15(20)23/h5-8,13H,1,9-11H2,2-4H3,(H,19,25)/b7-6+,12-8+. The van der Waals surface area contributed by atoms with E-state index in [1.165, 1.54) is 12.2 Å². The second-order valence-electron chi connectivity index (χ2n) is 6.91. The van der Waals surface area contributed by atoms with Crippen LogP contribution in [-0.4, -0.2) is 45.5 Å². The lowest BCUT2D eigenvalue weighted by Crippen LogP contribution is -2.46. The highest BCUT2D eigenvalue weighted by Crippen LogP contribution is 2.14. The van der Waals surface area contributed by atoms with E-state index in [-0.39, 0.29) is 25.0 Å². The van der Waals surface area contributed by atoms with E-state index in [1.54, 1.807) is 20.8 Å². The van der Waals surface area contributed by atoms with E-state index in [4.69, 9.17) is 9.57 Å². The zero-order chi connectivity index (χ0) is 22.2. The Balaban J connectivity index is 2.89. The molecule has 1 heterocycles. The molecule has 0 aromatic carbocycles. The number of allylic oxidation sites excluding steroid dienone is 3. The Morgan fingerprint density at radius 1 is 1.31 bits per heavy atom. The third-order valence-corrected chi connectivity index (χ3v) is 3.36. The van der Waals surface area contributed by atoms with Crippen molar-refractivity contribution >= 4 is 23.9 Å². The molecule has 29 heavy (non-hydrogen) atoms. The molecule has 1 atom stereocenters. The molecule has 1 unspecified atom stereocenters. The summed E-state index contributed by atoms with van der Waals surface area (Å²) in [5.74, 6) is -2.40. The van der Waals surface area contributed by atoms with E-state index in [0.717, 1.165) is 12.2 Å². The lowest BCUT2D eigenvalue weighted by atomic mass is 10.2. The Kier molecular flexibility index (Phi) is 8.24. The predicted octanol–water partition coefficient (Wildman–Crippen LogP) is 1.78. The maximum absolute atomic E-state index is 12.4. The lowest BCUT2D eigenvalue weighted by molar-refractivity contribution is -0.418. The molecule has 1 fully saturated rings. The summed E-state index contributed by atoms with van der Waals surface area (Å²) in [6.07, 6.45) is 3.63. The third kappa shape index (κ3) is 7.95. The van der Waals surface area contributed by atoms with Crippen molar-refractivity contribution in [1.29, 1.82) is 0 Å². The Morgan fingerprint density at radius 3 is 2.38 bits per heavy atom. The Labute approximate surface area is 167 Å². The second kappa shape index (κ2) is 10.2. The first-order valence-corrected chi connectivity index (χ1v) is 8.65. The SMILES string of the molecule is C=C/C(=C\C=C\CC(NC(=O)OC(C)(C)C)C(=O)ON1C(=O)CCC1=O)[N+](=O)[O-]. The maximum atomic E-state index is 12.4. The number of hydroxylamine groups is 2. The highest BCUT2D eigenvalue weighted by Gasteiger charge is 2.35. The number of carbonyl (C=O) groups is 4. The zero-order valence-corrected chi connectivity index (χ0v) is 16.4. The summed E-state index contributed by atoms with van der Waals surface area (Å²) < 4.78 is 5.08. The number of imide groups is 1. The summed E-state index contributed by atoms with van der Waals surface area (Å²) in [5, 5.41) is 13.4. The van der Waals surface area contributed by atoms with Crippen LogP contribution in [0.1, 0.15) is 40.0 Å². The van der Waals surface area contributed by atoms with Gasteiger partial charge in [0.15, 0.2) is 0 Å². The van der Waals surface area contributed by atoms with Gasteiger partial charge < -0.3 is 14.9 Å². The number of alkyl carbamates (subject to hydrolysis) is 1. The van der Waals surface area contributed by atoms with Gasteiger partial charge in [0.1, 0.15) is 11.6 Å². The molecule has 1 rings (SSSR count). The monoisotopic (exact) mass is 409 g/mol. The van der Waals surface area contributed by atoms with Gasteiger partial charge >= 0.3 is 12.1 Å². The number of nitrogens with zero attached hydrogens (tertiary/aromatic N) is 2. The van der Waals surface area contributed by atoms with Gasteiger partial charge in [-0.2, -0.15) is 0 Å². The molecule has 11 heteroatoms. The summed E-state index contributed by atoms with van der Waals surface area (Å²) in [5.41, 5.74) is -1.10. The van der Waals surface area contributed by atoms with Gasteiger partial charge in [0.2, 0.25) is 0 Å². The molecule has 1 aliphatic rings. The highest BCUT2D eigenvalue weighted by molar-refractivity contribution is 6.01. The van der Waals surface area contributed by atoms with Crippen LogP contribution in [0, 0.1) is 10.1 Å². The Morgan fingerprint density at radius 2 is 1.90 bits per heavy atom. The van der Waals surface area contributed by atoms with Crippen molar-refractivity contribution in [3.8, 4) is 0 Å². The molecule has 1 aliphatic heterocycles. The molecular weight excluding hydrogens is 386 g/mol. The molecule has 3 amide bonds. The topological polar surface area (TPSA) is 145 Å². The number of hydrogen-bond donors (Lipinski definition) is 1. The molecule has 0 aliphatic carbocycles. The van der Waals surface area contributed by atoms with Gasteiger partial charge in [0.05, 0.1) is 4.92 Å². The molecule has 1 saturated heterocycles. The highest BCUT2D eigenvalue weighted by atomic mass is 16.7. The molecule has 158 valence electrons. The zero-order valence-electron chi connectivity index (χ0n) is 16.4. The molecule has 0 spiro atoms. The quantitative estimate of drug-likeness (QED) is 0.276. The normalized spacial score (nSPS) is 16.0. The summed E-state index contributed by atoms with van der Waals surface area (Å²) >= 11 is 0. The molecule has 0 aromatic rings. The van der Waals surface area contributed by atoms with E-state index in [2.05, 4.69) is 11.9 Å². The number of hydrogen-bond acceptors (Lipinski definition) is 8. The molecule has 0 radical (unpaired) electrons. The fourth-order valence-corrected chi connectivity index (χ4v) is 2.06. The fourth-order valence-electron chi connectivity index (χ4n) is 2.06.